The Morgan fingerprint density at radius 3 is 2.33 bits per heavy atom. The van der Waals surface area contributed by atoms with Gasteiger partial charge in [-0.2, -0.15) is 0 Å². The lowest BCUT2D eigenvalue weighted by Gasteiger charge is -2.33. The summed E-state index contributed by atoms with van der Waals surface area (Å²) < 4.78 is 49.5. The lowest BCUT2D eigenvalue weighted by molar-refractivity contribution is -0.139. The lowest BCUT2D eigenvalue weighted by atomic mass is 10.1. The molecule has 1 atom stereocenters. The summed E-state index contributed by atoms with van der Waals surface area (Å²) in [5.41, 5.74) is 0.352. The van der Waals surface area contributed by atoms with Gasteiger partial charge in [0.15, 0.2) is 0 Å². The van der Waals surface area contributed by atoms with Crippen LogP contribution in [-0.2, 0) is 26.2 Å². The van der Waals surface area contributed by atoms with Crippen LogP contribution in [0.5, 0.6) is 5.75 Å². The van der Waals surface area contributed by atoms with E-state index in [2.05, 4.69) is 5.32 Å². The van der Waals surface area contributed by atoms with Crippen LogP contribution in [0, 0.1) is 5.82 Å². The van der Waals surface area contributed by atoms with E-state index in [1.807, 2.05) is 0 Å². The third-order valence-corrected chi connectivity index (χ3v) is 9.31. The van der Waals surface area contributed by atoms with Gasteiger partial charge in [-0.15, -0.1) is 0 Å². The first kappa shape index (κ1) is 31.3. The van der Waals surface area contributed by atoms with Crippen LogP contribution < -0.4 is 14.4 Å². The van der Waals surface area contributed by atoms with Crippen LogP contribution in [0.15, 0.2) is 77.7 Å². The zero-order valence-corrected chi connectivity index (χ0v) is 25.2. The Kier molecular flexibility index (Phi) is 10.5. The SMILES string of the molecule is CCOc1ccccc1N(CC(=O)N(Cc1ccccc1F)C(C)C(=O)NC1CCCC1)S(=O)(=O)c1ccc(Cl)cc1. The molecule has 3 aromatic carbocycles. The number of amides is 2. The number of rotatable bonds is 12. The molecule has 3 aromatic rings. The highest BCUT2D eigenvalue weighted by Gasteiger charge is 2.34. The fourth-order valence-corrected chi connectivity index (χ4v) is 6.52. The van der Waals surface area contributed by atoms with Gasteiger partial charge in [-0.05, 0) is 69.2 Å². The zero-order valence-electron chi connectivity index (χ0n) is 23.6. The van der Waals surface area contributed by atoms with Crippen molar-refractivity contribution in [1.29, 1.82) is 0 Å². The standard InChI is InChI=1S/C31H35ClFN3O5S/c1-3-41-29-15-9-8-14-28(29)36(42(39,40)26-18-16-24(32)17-19-26)21-30(37)35(20-23-10-4-7-13-27(23)33)22(2)31(38)34-25-11-5-6-12-25/h4,7-10,13-19,22,25H,3,5-6,11-12,20-21H2,1-2H3,(H,34,38). The summed E-state index contributed by atoms with van der Waals surface area (Å²) in [7, 11) is -4.31. The predicted octanol–water partition coefficient (Wildman–Crippen LogP) is 5.55. The van der Waals surface area contributed by atoms with E-state index >= 15 is 0 Å². The van der Waals surface area contributed by atoms with E-state index in [9.17, 15) is 22.4 Å². The minimum Gasteiger partial charge on any atom is -0.492 e. The lowest BCUT2D eigenvalue weighted by Crippen LogP contribution is -2.52. The highest BCUT2D eigenvalue weighted by molar-refractivity contribution is 7.92. The van der Waals surface area contributed by atoms with Gasteiger partial charge in [-0.1, -0.05) is 54.8 Å². The molecule has 0 spiro atoms. The summed E-state index contributed by atoms with van der Waals surface area (Å²) in [4.78, 5) is 28.5. The Bertz CT molecular complexity index is 1500. The van der Waals surface area contributed by atoms with Gasteiger partial charge in [-0.3, -0.25) is 13.9 Å². The van der Waals surface area contributed by atoms with Gasteiger partial charge in [0, 0.05) is 23.2 Å². The van der Waals surface area contributed by atoms with Gasteiger partial charge in [0.05, 0.1) is 17.2 Å². The fraction of sp³-hybridized carbons (Fsp3) is 0.355. The Hall–Kier alpha value is -3.63. The first-order chi connectivity index (χ1) is 20.1. The van der Waals surface area contributed by atoms with E-state index in [1.54, 1.807) is 44.2 Å². The molecule has 0 saturated heterocycles. The summed E-state index contributed by atoms with van der Waals surface area (Å²) in [6.07, 6.45) is 3.71. The molecule has 0 bridgehead atoms. The van der Waals surface area contributed by atoms with Crippen LogP contribution in [0.2, 0.25) is 5.02 Å². The van der Waals surface area contributed by atoms with Crippen molar-refractivity contribution in [2.75, 3.05) is 17.5 Å². The number of nitrogens with one attached hydrogen (secondary N) is 1. The number of anilines is 1. The molecule has 1 saturated carbocycles. The number of nitrogens with zero attached hydrogens (tertiary/aromatic N) is 2. The average Bonchev–Trinajstić information content (AvgIpc) is 3.49. The van der Waals surface area contributed by atoms with Gasteiger partial charge in [-0.25, -0.2) is 12.8 Å². The quantitative estimate of drug-likeness (QED) is 0.288. The van der Waals surface area contributed by atoms with Gasteiger partial charge >= 0.3 is 0 Å². The highest BCUT2D eigenvalue weighted by Crippen LogP contribution is 2.33. The summed E-state index contributed by atoms with van der Waals surface area (Å²) >= 11 is 6.01. The second-order valence-electron chi connectivity index (χ2n) is 10.1. The number of para-hydroxylation sites is 2. The van der Waals surface area contributed by atoms with Crippen LogP contribution in [-0.4, -0.2) is 50.4 Å². The van der Waals surface area contributed by atoms with Gasteiger partial charge in [0.1, 0.15) is 24.2 Å². The maximum Gasteiger partial charge on any atom is 0.264 e. The number of ether oxygens (including phenoxy) is 1. The highest BCUT2D eigenvalue weighted by atomic mass is 35.5. The molecular weight excluding hydrogens is 581 g/mol. The van der Waals surface area contributed by atoms with E-state index < -0.39 is 34.3 Å². The average molecular weight is 616 g/mol. The van der Waals surface area contributed by atoms with Crippen molar-refractivity contribution < 1.29 is 27.1 Å². The largest absolute Gasteiger partial charge is 0.492 e. The van der Waals surface area contributed by atoms with Crippen LogP contribution in [0.4, 0.5) is 10.1 Å². The molecule has 1 aliphatic rings. The molecule has 42 heavy (non-hydrogen) atoms. The molecule has 2 amide bonds. The number of carbonyl (C=O) groups excluding carboxylic acids is 2. The molecule has 8 nitrogen and oxygen atoms in total. The van der Waals surface area contributed by atoms with Crippen LogP contribution in [0.3, 0.4) is 0 Å². The van der Waals surface area contributed by atoms with Crippen LogP contribution in [0.1, 0.15) is 45.1 Å². The second-order valence-corrected chi connectivity index (χ2v) is 12.4. The minimum atomic E-state index is -4.31. The number of halogens is 2. The molecule has 0 radical (unpaired) electrons. The Morgan fingerprint density at radius 1 is 1.02 bits per heavy atom. The molecule has 1 aliphatic carbocycles. The Labute approximate surface area is 251 Å². The third kappa shape index (κ3) is 7.41. The molecule has 4 rings (SSSR count). The van der Waals surface area contributed by atoms with Crippen molar-refractivity contribution in [1.82, 2.24) is 10.2 Å². The molecule has 0 heterocycles. The zero-order chi connectivity index (χ0) is 30.3. The number of sulfonamides is 1. The van der Waals surface area contributed by atoms with E-state index in [-0.39, 0.29) is 47.0 Å². The summed E-state index contributed by atoms with van der Waals surface area (Å²) in [5.74, 6) is -1.34. The molecule has 0 aliphatic heterocycles. The van der Waals surface area contributed by atoms with Crippen molar-refractivity contribution in [3.8, 4) is 5.75 Å². The molecule has 224 valence electrons. The molecule has 1 unspecified atom stereocenters. The Balaban J connectivity index is 1.73. The van der Waals surface area contributed by atoms with Crippen molar-refractivity contribution in [2.45, 2.75) is 63.1 Å². The maximum atomic E-state index is 14.7. The fourth-order valence-electron chi connectivity index (χ4n) is 4.97. The van der Waals surface area contributed by atoms with E-state index in [4.69, 9.17) is 16.3 Å². The molecule has 11 heteroatoms. The van der Waals surface area contributed by atoms with Crippen LogP contribution in [0.25, 0.3) is 0 Å². The minimum absolute atomic E-state index is 0.00483. The van der Waals surface area contributed by atoms with E-state index in [1.165, 1.54) is 47.4 Å². The van der Waals surface area contributed by atoms with Crippen molar-refractivity contribution >= 4 is 39.1 Å². The van der Waals surface area contributed by atoms with Crippen LogP contribution >= 0.6 is 11.6 Å². The molecule has 0 aromatic heterocycles. The summed E-state index contributed by atoms with van der Waals surface area (Å²) in [5, 5.41) is 3.35. The normalized spacial score (nSPS) is 14.3. The molecular formula is C31H35ClFN3O5S. The number of hydrogen-bond acceptors (Lipinski definition) is 5. The number of hydrogen-bond donors (Lipinski definition) is 1. The Morgan fingerprint density at radius 2 is 1.67 bits per heavy atom. The summed E-state index contributed by atoms with van der Waals surface area (Å²) in [6, 6.07) is 17.1. The topological polar surface area (TPSA) is 96.0 Å². The monoisotopic (exact) mass is 615 g/mol. The van der Waals surface area contributed by atoms with Crippen molar-refractivity contribution in [2.24, 2.45) is 0 Å². The van der Waals surface area contributed by atoms with Crippen molar-refractivity contribution in [3.63, 3.8) is 0 Å². The predicted molar refractivity (Wildman–Crippen MR) is 160 cm³/mol. The maximum absolute atomic E-state index is 14.7. The third-order valence-electron chi connectivity index (χ3n) is 7.28. The van der Waals surface area contributed by atoms with Gasteiger partial charge in [0.2, 0.25) is 11.8 Å². The second kappa shape index (κ2) is 14.0. The molecule has 1 fully saturated rings. The van der Waals surface area contributed by atoms with Gasteiger partial charge < -0.3 is 15.0 Å². The number of carbonyl (C=O) groups is 2. The molecule has 1 N–H and O–H groups in total. The van der Waals surface area contributed by atoms with Gasteiger partial charge in [0.25, 0.3) is 10.0 Å². The van der Waals surface area contributed by atoms with Crippen molar-refractivity contribution in [3.05, 3.63) is 89.2 Å². The van der Waals surface area contributed by atoms with E-state index in [0.29, 0.717) is 5.02 Å². The van der Waals surface area contributed by atoms with E-state index in [0.717, 1.165) is 30.0 Å². The number of benzene rings is 3. The summed E-state index contributed by atoms with van der Waals surface area (Å²) in [6.45, 7) is 2.70. The first-order valence-corrected chi connectivity index (χ1v) is 15.8. The first-order valence-electron chi connectivity index (χ1n) is 13.9. The smallest absolute Gasteiger partial charge is 0.264 e.